The Labute approximate surface area is 72.0 Å². The fourth-order valence-corrected chi connectivity index (χ4v) is 1.95. The van der Waals surface area contributed by atoms with Crippen molar-refractivity contribution in [3.63, 3.8) is 0 Å². The van der Waals surface area contributed by atoms with Gasteiger partial charge in [0.1, 0.15) is 0 Å². The molecule has 0 spiro atoms. The second-order valence-electron chi connectivity index (χ2n) is 2.92. The van der Waals surface area contributed by atoms with E-state index in [1.165, 1.54) is 0 Å². The normalized spacial score (nSPS) is 20.4. The molecular weight excluding hydrogens is 162 g/mol. The second kappa shape index (κ2) is 4.37. The van der Waals surface area contributed by atoms with E-state index in [9.17, 15) is 0 Å². The maximum atomic E-state index is 6.24. The summed E-state index contributed by atoms with van der Waals surface area (Å²) in [5, 5.41) is 3.30. The van der Waals surface area contributed by atoms with Gasteiger partial charge in [0, 0.05) is 10.2 Å². The summed E-state index contributed by atoms with van der Waals surface area (Å²) >= 11 is 6.24. The van der Waals surface area contributed by atoms with Gasteiger partial charge in [-0.25, -0.2) is 0 Å². The first kappa shape index (κ1) is 10.5. The molecule has 0 aliphatic heterocycles. The van der Waals surface area contributed by atoms with Crippen LogP contribution in [0.25, 0.3) is 0 Å². The maximum absolute atomic E-state index is 6.24. The Morgan fingerprint density at radius 3 is 2.40 bits per heavy atom. The minimum atomic E-state index is -0.0799. The summed E-state index contributed by atoms with van der Waals surface area (Å²) in [5.41, 5.74) is 0. The fourth-order valence-electron chi connectivity index (χ4n) is 0.903. The first-order valence-corrected chi connectivity index (χ1v) is 5.36. The highest BCUT2D eigenvalue weighted by Gasteiger charge is 2.24. The van der Waals surface area contributed by atoms with Gasteiger partial charge in [0.05, 0.1) is 4.62 Å². The van der Waals surface area contributed by atoms with Crippen molar-refractivity contribution in [2.45, 2.75) is 31.8 Å². The van der Waals surface area contributed by atoms with Crippen LogP contribution in [0.3, 0.4) is 0 Å². The molecule has 62 valence electrons. The van der Waals surface area contributed by atoms with Crippen molar-refractivity contribution in [3.05, 3.63) is 0 Å². The highest BCUT2D eigenvalue weighted by atomic mass is 35.5. The zero-order valence-corrected chi connectivity index (χ0v) is 10.1. The summed E-state index contributed by atoms with van der Waals surface area (Å²) in [4.78, 5) is 0. The predicted octanol–water partition coefficient (Wildman–Crippen LogP) is 0.900. The molecule has 3 heteroatoms. The highest BCUT2D eigenvalue weighted by molar-refractivity contribution is 6.44. The van der Waals surface area contributed by atoms with Crippen LogP contribution >= 0.6 is 11.6 Å². The molecule has 0 bridgehead atoms. The molecule has 0 aliphatic carbocycles. The predicted molar refractivity (Wildman–Crippen MR) is 51.7 cm³/mol. The van der Waals surface area contributed by atoms with Crippen LogP contribution in [0, 0.1) is 5.92 Å². The van der Waals surface area contributed by atoms with Crippen molar-refractivity contribution in [1.82, 2.24) is 5.32 Å². The molecule has 0 aromatic rings. The second-order valence-corrected chi connectivity index (χ2v) is 5.91. The molecule has 0 radical (unpaired) electrons. The Bertz CT molecular complexity index is 95.6. The molecule has 10 heavy (non-hydrogen) atoms. The number of alkyl halides is 1. The average Bonchev–Trinajstić information content (AvgIpc) is 1.86. The molecule has 0 fully saturated rings. The van der Waals surface area contributed by atoms with E-state index in [1.807, 2.05) is 0 Å². The SMILES string of the molecule is CCNC([SiH3])(Cl)C(C)CC. The van der Waals surface area contributed by atoms with Gasteiger partial charge < -0.3 is 5.32 Å². The molecule has 1 nitrogen and oxygen atoms in total. The van der Waals surface area contributed by atoms with Crippen LogP contribution in [0.1, 0.15) is 27.2 Å². The molecule has 2 atom stereocenters. The topological polar surface area (TPSA) is 12.0 Å². The summed E-state index contributed by atoms with van der Waals surface area (Å²) in [5.74, 6) is 0.584. The standard InChI is InChI=1S/C7H18ClNSi/c1-4-6(3)7(8,10)9-5-2/h6,9H,4-5H2,1-3,10H3. The maximum Gasteiger partial charge on any atom is 0.0749 e. The minimum absolute atomic E-state index is 0.0799. The van der Waals surface area contributed by atoms with Crippen LogP contribution in [0.4, 0.5) is 0 Å². The van der Waals surface area contributed by atoms with Gasteiger partial charge in [-0.05, 0) is 12.5 Å². The van der Waals surface area contributed by atoms with E-state index >= 15 is 0 Å². The van der Waals surface area contributed by atoms with Gasteiger partial charge in [-0.1, -0.05) is 27.2 Å². The fraction of sp³-hybridized carbons (Fsp3) is 1.00. The molecule has 0 rings (SSSR count). The van der Waals surface area contributed by atoms with Crippen LogP contribution in [-0.4, -0.2) is 21.4 Å². The third-order valence-corrected chi connectivity index (χ3v) is 3.91. The lowest BCUT2D eigenvalue weighted by Gasteiger charge is -2.29. The van der Waals surface area contributed by atoms with E-state index in [1.54, 1.807) is 0 Å². The summed E-state index contributed by atoms with van der Waals surface area (Å²) < 4.78 is -0.0799. The molecule has 1 N–H and O–H groups in total. The number of hydrogen-bond donors (Lipinski definition) is 1. The van der Waals surface area contributed by atoms with Crippen molar-refractivity contribution in [2.75, 3.05) is 6.54 Å². The molecule has 0 aliphatic rings. The van der Waals surface area contributed by atoms with Crippen molar-refractivity contribution >= 4 is 21.8 Å². The molecule has 2 unspecified atom stereocenters. The van der Waals surface area contributed by atoms with Gasteiger partial charge in [-0.2, -0.15) is 0 Å². The van der Waals surface area contributed by atoms with Crippen LogP contribution in [-0.2, 0) is 0 Å². The number of hydrogen-bond acceptors (Lipinski definition) is 1. The molecular formula is C7H18ClNSi. The Morgan fingerprint density at radius 2 is 2.10 bits per heavy atom. The number of halogens is 1. The zero-order valence-electron chi connectivity index (χ0n) is 7.37. The van der Waals surface area contributed by atoms with Gasteiger partial charge >= 0.3 is 0 Å². The number of nitrogens with one attached hydrogen (secondary N) is 1. The van der Waals surface area contributed by atoms with Crippen molar-refractivity contribution in [1.29, 1.82) is 0 Å². The Balaban J connectivity index is 3.82. The van der Waals surface area contributed by atoms with Crippen LogP contribution < -0.4 is 5.32 Å². The molecule has 0 amide bonds. The van der Waals surface area contributed by atoms with Crippen LogP contribution in [0.2, 0.25) is 0 Å². The number of rotatable bonds is 4. The van der Waals surface area contributed by atoms with Gasteiger partial charge in [0.15, 0.2) is 0 Å². The van der Waals surface area contributed by atoms with E-state index in [0.29, 0.717) is 5.92 Å². The smallest absolute Gasteiger partial charge is 0.0749 e. The summed E-state index contributed by atoms with van der Waals surface area (Å²) in [6, 6.07) is 0. The molecule has 0 saturated carbocycles. The summed E-state index contributed by atoms with van der Waals surface area (Å²) in [6.07, 6.45) is 1.15. The lowest BCUT2D eigenvalue weighted by Crippen LogP contribution is -2.45. The monoisotopic (exact) mass is 179 g/mol. The van der Waals surface area contributed by atoms with Crippen LogP contribution in [0.15, 0.2) is 0 Å². The first-order chi connectivity index (χ1) is 4.54. The summed E-state index contributed by atoms with van der Waals surface area (Å²) in [6.45, 7) is 7.44. The molecule has 0 aromatic heterocycles. The highest BCUT2D eigenvalue weighted by Crippen LogP contribution is 2.20. The largest absolute Gasteiger partial charge is 0.302 e. The molecule has 0 saturated heterocycles. The van der Waals surface area contributed by atoms with Gasteiger partial charge in [0.25, 0.3) is 0 Å². The third-order valence-electron chi connectivity index (χ3n) is 2.06. The lowest BCUT2D eigenvalue weighted by atomic mass is 10.1. The van der Waals surface area contributed by atoms with E-state index < -0.39 is 0 Å². The van der Waals surface area contributed by atoms with Gasteiger partial charge in [0.2, 0.25) is 0 Å². The van der Waals surface area contributed by atoms with E-state index in [-0.39, 0.29) is 4.62 Å². The minimum Gasteiger partial charge on any atom is -0.302 e. The molecule has 0 heterocycles. The van der Waals surface area contributed by atoms with Gasteiger partial charge in [-0.15, -0.1) is 11.6 Å². The van der Waals surface area contributed by atoms with E-state index in [0.717, 1.165) is 23.2 Å². The Kier molecular flexibility index (Phi) is 4.57. The first-order valence-electron chi connectivity index (χ1n) is 3.98. The van der Waals surface area contributed by atoms with E-state index in [2.05, 4.69) is 26.1 Å². The quantitative estimate of drug-likeness (QED) is 0.384. The van der Waals surface area contributed by atoms with Gasteiger partial charge in [-0.3, -0.25) is 0 Å². The Hall–Kier alpha value is 0.467. The van der Waals surface area contributed by atoms with Crippen LogP contribution in [0.5, 0.6) is 0 Å². The van der Waals surface area contributed by atoms with Crippen molar-refractivity contribution < 1.29 is 0 Å². The Morgan fingerprint density at radius 1 is 1.60 bits per heavy atom. The molecule has 0 aromatic carbocycles. The van der Waals surface area contributed by atoms with Crippen molar-refractivity contribution in [3.8, 4) is 0 Å². The average molecular weight is 180 g/mol. The summed E-state index contributed by atoms with van der Waals surface area (Å²) in [7, 11) is 1.01. The zero-order chi connectivity index (χ0) is 8.20. The lowest BCUT2D eigenvalue weighted by molar-refractivity contribution is 0.425. The third kappa shape index (κ3) is 3.04. The van der Waals surface area contributed by atoms with Crippen molar-refractivity contribution in [2.24, 2.45) is 5.92 Å². The van der Waals surface area contributed by atoms with E-state index in [4.69, 9.17) is 11.6 Å².